The van der Waals surface area contributed by atoms with E-state index in [1.807, 2.05) is 17.5 Å². The molecule has 0 aliphatic heterocycles. The summed E-state index contributed by atoms with van der Waals surface area (Å²) in [5, 5.41) is 22.0. The molecule has 0 aliphatic rings. The molecule has 0 saturated heterocycles. The second kappa shape index (κ2) is 8.59. The fourth-order valence-corrected chi connectivity index (χ4v) is 4.30. The number of hydrogen-bond acceptors (Lipinski definition) is 9. The number of nitrogens with zero attached hydrogens (tertiary/aromatic N) is 4. The highest BCUT2D eigenvalue weighted by molar-refractivity contribution is 7.98. The standard InChI is InChI=1S/C17H12FN5O2S3/c18-11-5-3-10(4-6-11)8-19-14(24)16-22-20-13(28-16)9-27-17-23-21-15(25-17)12-2-1-7-26-12/h1-7H,8-9H2,(H,19,24). The molecule has 0 fully saturated rings. The van der Waals surface area contributed by atoms with Crippen molar-refractivity contribution in [3.63, 3.8) is 0 Å². The predicted octanol–water partition coefficient (Wildman–Crippen LogP) is 4.01. The van der Waals surface area contributed by atoms with Gasteiger partial charge in [0, 0.05) is 6.54 Å². The fraction of sp³-hybridized carbons (Fsp3) is 0.118. The normalized spacial score (nSPS) is 10.9. The number of aromatic nitrogens is 4. The van der Waals surface area contributed by atoms with Crippen LogP contribution in [0.5, 0.6) is 0 Å². The van der Waals surface area contributed by atoms with Gasteiger partial charge in [-0.05, 0) is 29.1 Å². The Balaban J connectivity index is 1.30. The third kappa shape index (κ3) is 4.61. The molecule has 1 aromatic carbocycles. The lowest BCUT2D eigenvalue weighted by atomic mass is 10.2. The zero-order valence-corrected chi connectivity index (χ0v) is 16.6. The summed E-state index contributed by atoms with van der Waals surface area (Å²) in [5.41, 5.74) is 0.799. The van der Waals surface area contributed by atoms with Gasteiger partial charge >= 0.3 is 0 Å². The molecule has 142 valence electrons. The van der Waals surface area contributed by atoms with Crippen LogP contribution in [0.3, 0.4) is 0 Å². The molecule has 0 spiro atoms. The van der Waals surface area contributed by atoms with Crippen LogP contribution in [-0.2, 0) is 12.3 Å². The SMILES string of the molecule is O=C(NCc1ccc(F)cc1)c1nnc(CSc2nnc(-c3cccs3)o2)s1. The number of nitrogens with one attached hydrogen (secondary N) is 1. The number of benzene rings is 1. The molecule has 7 nitrogen and oxygen atoms in total. The van der Waals surface area contributed by atoms with Crippen LogP contribution in [0, 0.1) is 5.82 Å². The number of halogens is 1. The van der Waals surface area contributed by atoms with Crippen molar-refractivity contribution in [3.8, 4) is 10.8 Å². The van der Waals surface area contributed by atoms with Crippen molar-refractivity contribution in [1.82, 2.24) is 25.7 Å². The summed E-state index contributed by atoms with van der Waals surface area (Å²) in [6.45, 7) is 0.288. The van der Waals surface area contributed by atoms with Gasteiger partial charge in [-0.15, -0.1) is 31.7 Å². The molecule has 3 heterocycles. The molecule has 4 aromatic rings. The Morgan fingerprint density at radius 2 is 2.00 bits per heavy atom. The van der Waals surface area contributed by atoms with Gasteiger partial charge in [-0.25, -0.2) is 4.39 Å². The lowest BCUT2D eigenvalue weighted by Crippen LogP contribution is -2.22. The Kier molecular flexibility index (Phi) is 5.74. The third-order valence-electron chi connectivity index (χ3n) is 3.48. The molecule has 3 aromatic heterocycles. The van der Waals surface area contributed by atoms with E-state index in [1.54, 1.807) is 12.1 Å². The average Bonchev–Trinajstić information content (AvgIpc) is 3.47. The molecule has 4 rings (SSSR count). The van der Waals surface area contributed by atoms with Gasteiger partial charge in [-0.2, -0.15) is 0 Å². The Morgan fingerprint density at radius 3 is 2.79 bits per heavy atom. The highest BCUT2D eigenvalue weighted by Crippen LogP contribution is 2.28. The summed E-state index contributed by atoms with van der Waals surface area (Å²) >= 11 is 4.06. The monoisotopic (exact) mass is 433 g/mol. The molecule has 0 atom stereocenters. The number of thioether (sulfide) groups is 1. The Bertz CT molecular complexity index is 1060. The molecule has 11 heteroatoms. The van der Waals surface area contributed by atoms with Gasteiger partial charge in [0.2, 0.25) is 5.01 Å². The summed E-state index contributed by atoms with van der Waals surface area (Å²) in [5.74, 6) is 0.311. The summed E-state index contributed by atoms with van der Waals surface area (Å²) in [7, 11) is 0. The van der Waals surface area contributed by atoms with Gasteiger partial charge in [0.05, 0.1) is 10.6 Å². The first-order chi connectivity index (χ1) is 13.7. The minimum absolute atomic E-state index is 0.266. The first-order valence-corrected chi connectivity index (χ1v) is 10.7. The van der Waals surface area contributed by atoms with Crippen molar-refractivity contribution in [3.05, 3.63) is 63.2 Å². The molecule has 0 aliphatic carbocycles. The predicted molar refractivity (Wildman–Crippen MR) is 105 cm³/mol. The molecular weight excluding hydrogens is 421 g/mol. The van der Waals surface area contributed by atoms with Crippen LogP contribution in [0.2, 0.25) is 0 Å². The number of thiophene rings is 1. The van der Waals surface area contributed by atoms with Crippen LogP contribution in [0.4, 0.5) is 4.39 Å². The van der Waals surface area contributed by atoms with E-state index >= 15 is 0 Å². The highest BCUT2D eigenvalue weighted by atomic mass is 32.2. The van der Waals surface area contributed by atoms with Crippen LogP contribution in [0.15, 0.2) is 51.4 Å². The molecule has 0 bridgehead atoms. The second-order valence-electron chi connectivity index (χ2n) is 5.45. The Labute approximate surface area is 171 Å². The van der Waals surface area contributed by atoms with Gasteiger partial charge in [-0.3, -0.25) is 4.79 Å². The largest absolute Gasteiger partial charge is 0.410 e. The molecule has 28 heavy (non-hydrogen) atoms. The van der Waals surface area contributed by atoms with E-state index in [1.165, 1.54) is 46.6 Å². The maximum Gasteiger partial charge on any atom is 0.282 e. The van der Waals surface area contributed by atoms with Gasteiger partial charge in [0.15, 0.2) is 0 Å². The second-order valence-corrected chi connectivity index (χ2v) is 8.39. The zero-order valence-electron chi connectivity index (χ0n) is 14.2. The van der Waals surface area contributed by atoms with E-state index < -0.39 is 0 Å². The summed E-state index contributed by atoms with van der Waals surface area (Å²) in [6, 6.07) is 9.76. The lowest BCUT2D eigenvalue weighted by Gasteiger charge is -2.02. The number of hydrogen-bond donors (Lipinski definition) is 1. The van der Waals surface area contributed by atoms with Crippen molar-refractivity contribution in [1.29, 1.82) is 0 Å². The molecule has 1 amide bonds. The number of amides is 1. The van der Waals surface area contributed by atoms with Crippen molar-refractivity contribution in [2.75, 3.05) is 0 Å². The molecule has 1 N–H and O–H groups in total. The minimum Gasteiger partial charge on any atom is -0.410 e. The van der Waals surface area contributed by atoms with Gasteiger partial charge in [0.1, 0.15) is 10.8 Å². The topological polar surface area (TPSA) is 93.8 Å². The smallest absolute Gasteiger partial charge is 0.282 e. The van der Waals surface area contributed by atoms with Crippen molar-refractivity contribution < 1.29 is 13.6 Å². The highest BCUT2D eigenvalue weighted by Gasteiger charge is 2.15. The van der Waals surface area contributed by atoms with E-state index in [4.69, 9.17) is 4.42 Å². The zero-order chi connectivity index (χ0) is 19.3. The number of rotatable bonds is 7. The first-order valence-electron chi connectivity index (χ1n) is 8.02. The van der Waals surface area contributed by atoms with E-state index in [0.717, 1.165) is 10.4 Å². The maximum absolute atomic E-state index is 12.9. The fourth-order valence-electron chi connectivity index (χ4n) is 2.16. The van der Waals surface area contributed by atoms with E-state index in [0.29, 0.717) is 21.9 Å². The maximum atomic E-state index is 12.9. The van der Waals surface area contributed by atoms with Gasteiger partial charge in [0.25, 0.3) is 17.0 Å². The van der Waals surface area contributed by atoms with Crippen molar-refractivity contribution in [2.24, 2.45) is 0 Å². The Hall–Kier alpha value is -2.63. The summed E-state index contributed by atoms with van der Waals surface area (Å²) in [6.07, 6.45) is 0. The van der Waals surface area contributed by atoms with E-state index in [-0.39, 0.29) is 23.3 Å². The molecule has 0 saturated carbocycles. The summed E-state index contributed by atoms with van der Waals surface area (Å²) in [4.78, 5) is 13.1. The summed E-state index contributed by atoms with van der Waals surface area (Å²) < 4.78 is 18.5. The van der Waals surface area contributed by atoms with E-state index in [9.17, 15) is 9.18 Å². The van der Waals surface area contributed by atoms with Crippen molar-refractivity contribution >= 4 is 40.3 Å². The van der Waals surface area contributed by atoms with Crippen LogP contribution in [0.25, 0.3) is 10.8 Å². The van der Waals surface area contributed by atoms with E-state index in [2.05, 4.69) is 25.7 Å². The Morgan fingerprint density at radius 1 is 1.14 bits per heavy atom. The van der Waals surface area contributed by atoms with Gasteiger partial charge < -0.3 is 9.73 Å². The molecule has 0 radical (unpaired) electrons. The molecule has 0 unspecified atom stereocenters. The van der Waals surface area contributed by atoms with Crippen LogP contribution >= 0.6 is 34.4 Å². The number of carbonyl (C=O) groups excluding carboxylic acids is 1. The minimum atomic E-state index is -0.323. The van der Waals surface area contributed by atoms with Crippen LogP contribution in [0.1, 0.15) is 20.4 Å². The third-order valence-corrected chi connectivity index (χ3v) is 6.28. The average molecular weight is 434 g/mol. The van der Waals surface area contributed by atoms with Gasteiger partial charge in [-0.1, -0.05) is 41.3 Å². The van der Waals surface area contributed by atoms with Crippen LogP contribution in [-0.4, -0.2) is 26.3 Å². The molecular formula is C17H12FN5O2S3. The lowest BCUT2D eigenvalue weighted by molar-refractivity contribution is 0.0950. The van der Waals surface area contributed by atoms with Crippen molar-refractivity contribution in [2.45, 2.75) is 17.5 Å². The first kappa shape index (κ1) is 18.7. The quantitative estimate of drug-likeness (QED) is 0.440. The van der Waals surface area contributed by atoms with Crippen LogP contribution < -0.4 is 5.32 Å². The number of carbonyl (C=O) groups is 1.